The lowest BCUT2D eigenvalue weighted by atomic mass is 10.0. The van der Waals surface area contributed by atoms with E-state index >= 15 is 0 Å². The van der Waals surface area contributed by atoms with Gasteiger partial charge in [-0.25, -0.2) is 0 Å². The van der Waals surface area contributed by atoms with Gasteiger partial charge in [-0.1, -0.05) is 18.2 Å². The monoisotopic (exact) mass is 233 g/mol. The van der Waals surface area contributed by atoms with Gasteiger partial charge in [-0.2, -0.15) is 13.2 Å². The summed E-state index contributed by atoms with van der Waals surface area (Å²) >= 11 is 0. The quantitative estimate of drug-likeness (QED) is 0.863. The Kier molecular flexibility index (Phi) is 4.32. The summed E-state index contributed by atoms with van der Waals surface area (Å²) in [7, 11) is 3.07. The Morgan fingerprint density at radius 3 is 2.44 bits per heavy atom. The minimum atomic E-state index is -4.35. The first-order chi connectivity index (χ1) is 7.50. The number of ether oxygens (including phenoxy) is 1. The summed E-state index contributed by atoms with van der Waals surface area (Å²) in [5.74, 6) is 0. The zero-order valence-electron chi connectivity index (χ0n) is 9.14. The topological polar surface area (TPSA) is 21.3 Å². The van der Waals surface area contributed by atoms with Gasteiger partial charge in [-0.05, 0) is 18.7 Å². The number of benzene rings is 1. The van der Waals surface area contributed by atoms with Gasteiger partial charge in [0.05, 0.1) is 11.7 Å². The molecule has 0 aliphatic heterocycles. The SMILES string of the molecule is CNC[C@H](OC)c1ccccc1C(F)(F)F. The van der Waals surface area contributed by atoms with E-state index in [9.17, 15) is 13.2 Å². The molecule has 0 saturated carbocycles. The van der Waals surface area contributed by atoms with Crippen LogP contribution in [-0.2, 0) is 10.9 Å². The summed E-state index contributed by atoms with van der Waals surface area (Å²) in [5, 5.41) is 2.80. The van der Waals surface area contributed by atoms with E-state index in [1.807, 2.05) is 0 Å². The first-order valence-electron chi connectivity index (χ1n) is 4.84. The zero-order valence-corrected chi connectivity index (χ0v) is 9.14. The van der Waals surface area contributed by atoms with E-state index in [0.717, 1.165) is 6.07 Å². The smallest absolute Gasteiger partial charge is 0.375 e. The molecule has 1 aromatic rings. The molecule has 0 amide bonds. The van der Waals surface area contributed by atoms with Gasteiger partial charge in [-0.15, -0.1) is 0 Å². The fourth-order valence-electron chi connectivity index (χ4n) is 1.54. The van der Waals surface area contributed by atoms with E-state index in [2.05, 4.69) is 5.32 Å². The van der Waals surface area contributed by atoms with E-state index in [0.29, 0.717) is 6.54 Å². The van der Waals surface area contributed by atoms with Crippen LogP contribution >= 0.6 is 0 Å². The highest BCUT2D eigenvalue weighted by atomic mass is 19.4. The maximum atomic E-state index is 12.7. The standard InChI is InChI=1S/C11H14F3NO/c1-15-7-10(16-2)8-5-3-4-6-9(8)11(12,13)14/h3-6,10,15H,7H2,1-2H3/t10-/m0/s1. The Balaban J connectivity index is 3.11. The zero-order chi connectivity index (χ0) is 12.2. The third-order valence-electron chi connectivity index (χ3n) is 2.29. The van der Waals surface area contributed by atoms with Crippen LogP contribution in [0.4, 0.5) is 13.2 Å². The Bertz CT molecular complexity index is 338. The lowest BCUT2D eigenvalue weighted by Crippen LogP contribution is -2.21. The number of hydrogen-bond donors (Lipinski definition) is 1. The second-order valence-corrected chi connectivity index (χ2v) is 3.37. The average Bonchev–Trinajstić information content (AvgIpc) is 2.25. The second kappa shape index (κ2) is 5.32. The lowest BCUT2D eigenvalue weighted by molar-refractivity contribution is -0.139. The summed E-state index contributed by atoms with van der Waals surface area (Å²) in [4.78, 5) is 0. The highest BCUT2D eigenvalue weighted by molar-refractivity contribution is 5.31. The fourth-order valence-corrected chi connectivity index (χ4v) is 1.54. The lowest BCUT2D eigenvalue weighted by Gasteiger charge is -2.20. The summed E-state index contributed by atoms with van der Waals surface area (Å²) in [5.41, 5.74) is -0.482. The van der Waals surface area contributed by atoms with Gasteiger partial charge in [0.1, 0.15) is 0 Å². The van der Waals surface area contributed by atoms with Gasteiger partial charge >= 0.3 is 6.18 Å². The van der Waals surface area contributed by atoms with Crippen molar-refractivity contribution in [1.29, 1.82) is 0 Å². The highest BCUT2D eigenvalue weighted by Crippen LogP contribution is 2.35. The van der Waals surface area contributed by atoms with Crippen LogP contribution in [0.2, 0.25) is 0 Å². The van der Waals surface area contributed by atoms with Crippen LogP contribution < -0.4 is 5.32 Å². The van der Waals surface area contributed by atoms with Gasteiger partial charge in [0.15, 0.2) is 0 Å². The molecule has 0 radical (unpaired) electrons. The van der Waals surface area contributed by atoms with Crippen LogP contribution in [0.25, 0.3) is 0 Å². The van der Waals surface area contributed by atoms with Crippen molar-refractivity contribution in [3.05, 3.63) is 35.4 Å². The van der Waals surface area contributed by atoms with E-state index < -0.39 is 17.8 Å². The van der Waals surface area contributed by atoms with Crippen LogP contribution in [0.3, 0.4) is 0 Å². The molecule has 0 aromatic heterocycles. The van der Waals surface area contributed by atoms with Crippen molar-refractivity contribution in [2.45, 2.75) is 12.3 Å². The molecule has 0 aliphatic rings. The Morgan fingerprint density at radius 2 is 1.94 bits per heavy atom. The number of nitrogens with one attached hydrogen (secondary N) is 1. The third-order valence-corrected chi connectivity index (χ3v) is 2.29. The Morgan fingerprint density at radius 1 is 1.31 bits per heavy atom. The van der Waals surface area contributed by atoms with Crippen LogP contribution in [0, 0.1) is 0 Å². The molecule has 2 nitrogen and oxygen atoms in total. The van der Waals surface area contributed by atoms with Gasteiger partial charge < -0.3 is 10.1 Å². The molecule has 1 aromatic carbocycles. The fraction of sp³-hybridized carbons (Fsp3) is 0.455. The Hall–Kier alpha value is -1.07. The molecule has 0 aliphatic carbocycles. The van der Waals surface area contributed by atoms with E-state index in [4.69, 9.17) is 4.74 Å². The number of alkyl halides is 3. The molecular formula is C11H14F3NO. The van der Waals surface area contributed by atoms with Gasteiger partial charge in [0.25, 0.3) is 0 Å². The van der Waals surface area contributed by atoms with Crippen molar-refractivity contribution in [1.82, 2.24) is 5.32 Å². The number of methoxy groups -OCH3 is 1. The first-order valence-corrected chi connectivity index (χ1v) is 4.84. The maximum absolute atomic E-state index is 12.7. The molecule has 5 heteroatoms. The molecule has 1 rings (SSSR count). The first kappa shape index (κ1) is 13.0. The van der Waals surface area contributed by atoms with Crippen LogP contribution in [0.5, 0.6) is 0 Å². The minimum Gasteiger partial charge on any atom is -0.375 e. The molecule has 1 atom stereocenters. The van der Waals surface area contributed by atoms with Gasteiger partial charge in [-0.3, -0.25) is 0 Å². The summed E-state index contributed by atoms with van der Waals surface area (Å²) in [6, 6.07) is 5.45. The summed E-state index contributed by atoms with van der Waals surface area (Å²) < 4.78 is 43.2. The van der Waals surface area contributed by atoms with Gasteiger partial charge in [0.2, 0.25) is 0 Å². The molecule has 0 unspecified atom stereocenters. The molecule has 16 heavy (non-hydrogen) atoms. The summed E-state index contributed by atoms with van der Waals surface area (Å²) in [6.07, 6.45) is -4.94. The Labute approximate surface area is 92.4 Å². The molecule has 0 spiro atoms. The number of halogens is 3. The number of likely N-dealkylation sites (N-methyl/N-ethyl adjacent to an activating group) is 1. The summed E-state index contributed by atoms with van der Waals surface area (Å²) in [6.45, 7) is 0.337. The van der Waals surface area contributed by atoms with Crippen molar-refractivity contribution in [2.75, 3.05) is 20.7 Å². The predicted molar refractivity (Wildman–Crippen MR) is 55.1 cm³/mol. The highest BCUT2D eigenvalue weighted by Gasteiger charge is 2.34. The normalized spacial score (nSPS) is 13.8. The van der Waals surface area contributed by atoms with Crippen LogP contribution in [0.1, 0.15) is 17.2 Å². The minimum absolute atomic E-state index is 0.159. The van der Waals surface area contributed by atoms with Crippen LogP contribution in [-0.4, -0.2) is 20.7 Å². The van der Waals surface area contributed by atoms with Crippen molar-refractivity contribution in [3.8, 4) is 0 Å². The van der Waals surface area contributed by atoms with Crippen molar-refractivity contribution >= 4 is 0 Å². The maximum Gasteiger partial charge on any atom is 0.416 e. The van der Waals surface area contributed by atoms with E-state index in [1.165, 1.54) is 19.2 Å². The molecular weight excluding hydrogens is 219 g/mol. The molecule has 90 valence electrons. The van der Waals surface area contributed by atoms with E-state index in [-0.39, 0.29) is 5.56 Å². The largest absolute Gasteiger partial charge is 0.416 e. The van der Waals surface area contributed by atoms with Crippen molar-refractivity contribution in [3.63, 3.8) is 0 Å². The second-order valence-electron chi connectivity index (χ2n) is 3.37. The average molecular weight is 233 g/mol. The molecule has 0 fully saturated rings. The number of rotatable bonds is 4. The predicted octanol–water partition coefficient (Wildman–Crippen LogP) is 2.61. The third kappa shape index (κ3) is 2.96. The molecule has 1 N–H and O–H groups in total. The van der Waals surface area contributed by atoms with Crippen molar-refractivity contribution < 1.29 is 17.9 Å². The molecule has 0 bridgehead atoms. The van der Waals surface area contributed by atoms with Gasteiger partial charge in [0, 0.05) is 13.7 Å². The van der Waals surface area contributed by atoms with Crippen LogP contribution in [0.15, 0.2) is 24.3 Å². The number of hydrogen-bond acceptors (Lipinski definition) is 2. The van der Waals surface area contributed by atoms with E-state index in [1.54, 1.807) is 13.1 Å². The molecule has 0 saturated heterocycles. The van der Waals surface area contributed by atoms with Crippen molar-refractivity contribution in [2.24, 2.45) is 0 Å². The molecule has 0 heterocycles.